The SMILES string of the molecule is N[C@@H](Cc1[nH]cnc1Cl)C(=O)O. The van der Waals surface area contributed by atoms with E-state index in [0.717, 1.165) is 0 Å². The molecule has 1 rings (SSSR count). The van der Waals surface area contributed by atoms with Gasteiger partial charge in [0.1, 0.15) is 11.2 Å². The lowest BCUT2D eigenvalue weighted by molar-refractivity contribution is -0.138. The molecule has 0 bridgehead atoms. The highest BCUT2D eigenvalue weighted by molar-refractivity contribution is 6.30. The number of rotatable bonds is 3. The number of imidazole rings is 1. The van der Waals surface area contributed by atoms with E-state index in [2.05, 4.69) is 9.97 Å². The molecule has 0 aliphatic rings. The number of aromatic nitrogens is 2. The summed E-state index contributed by atoms with van der Waals surface area (Å²) in [6.07, 6.45) is 1.56. The Morgan fingerprint density at radius 3 is 3.00 bits per heavy atom. The molecular formula is C6H8ClN3O2. The van der Waals surface area contributed by atoms with Crippen LogP contribution < -0.4 is 5.73 Å². The molecule has 66 valence electrons. The van der Waals surface area contributed by atoms with Crippen molar-refractivity contribution in [2.24, 2.45) is 5.73 Å². The highest BCUT2D eigenvalue weighted by Gasteiger charge is 2.14. The average Bonchev–Trinajstić information content (AvgIpc) is 2.36. The summed E-state index contributed by atoms with van der Waals surface area (Å²) in [5, 5.41) is 8.74. The summed E-state index contributed by atoms with van der Waals surface area (Å²) in [6, 6.07) is -0.942. The van der Waals surface area contributed by atoms with Crippen molar-refractivity contribution in [3.8, 4) is 0 Å². The smallest absolute Gasteiger partial charge is 0.320 e. The van der Waals surface area contributed by atoms with Gasteiger partial charge < -0.3 is 15.8 Å². The number of hydrogen-bond acceptors (Lipinski definition) is 3. The number of nitrogens with one attached hydrogen (secondary N) is 1. The summed E-state index contributed by atoms with van der Waals surface area (Å²) >= 11 is 5.60. The summed E-state index contributed by atoms with van der Waals surface area (Å²) in [6.45, 7) is 0. The van der Waals surface area contributed by atoms with E-state index in [9.17, 15) is 4.79 Å². The molecule has 0 saturated heterocycles. The second-order valence-electron chi connectivity index (χ2n) is 2.32. The van der Waals surface area contributed by atoms with Gasteiger partial charge in [-0.05, 0) is 0 Å². The molecule has 0 spiro atoms. The first-order valence-corrected chi connectivity index (χ1v) is 3.65. The van der Waals surface area contributed by atoms with Crippen LogP contribution in [0.2, 0.25) is 5.15 Å². The largest absolute Gasteiger partial charge is 0.480 e. The number of hydrogen-bond donors (Lipinski definition) is 3. The van der Waals surface area contributed by atoms with Crippen LogP contribution in [0.25, 0.3) is 0 Å². The zero-order valence-electron chi connectivity index (χ0n) is 6.12. The third-order valence-corrected chi connectivity index (χ3v) is 1.73. The molecule has 4 N–H and O–H groups in total. The molecule has 0 amide bonds. The van der Waals surface area contributed by atoms with E-state index < -0.39 is 12.0 Å². The van der Waals surface area contributed by atoms with Gasteiger partial charge >= 0.3 is 5.97 Å². The molecule has 0 unspecified atom stereocenters. The molecule has 0 saturated carbocycles. The van der Waals surface area contributed by atoms with Gasteiger partial charge in [-0.2, -0.15) is 0 Å². The van der Waals surface area contributed by atoms with E-state index in [1.54, 1.807) is 0 Å². The number of nitrogens with zero attached hydrogens (tertiary/aromatic N) is 1. The van der Waals surface area contributed by atoms with Gasteiger partial charge in [-0.15, -0.1) is 0 Å². The van der Waals surface area contributed by atoms with Gasteiger partial charge in [-0.3, -0.25) is 4.79 Å². The number of carbonyl (C=O) groups is 1. The monoisotopic (exact) mass is 189 g/mol. The molecule has 1 aromatic heterocycles. The molecule has 0 aliphatic heterocycles. The van der Waals surface area contributed by atoms with Gasteiger partial charge in [0.25, 0.3) is 0 Å². The Morgan fingerprint density at radius 1 is 1.92 bits per heavy atom. The minimum atomic E-state index is -1.05. The van der Waals surface area contributed by atoms with E-state index in [-0.39, 0.29) is 11.6 Å². The number of halogens is 1. The second kappa shape index (κ2) is 3.55. The Kier molecular flexibility index (Phi) is 2.67. The van der Waals surface area contributed by atoms with Gasteiger partial charge in [-0.1, -0.05) is 11.6 Å². The first kappa shape index (κ1) is 9.02. The predicted octanol–water partition coefficient (Wildman–Crippen LogP) is 0.0175. The second-order valence-corrected chi connectivity index (χ2v) is 2.68. The predicted molar refractivity (Wildman–Crippen MR) is 42.9 cm³/mol. The lowest BCUT2D eigenvalue weighted by atomic mass is 10.2. The summed E-state index contributed by atoms with van der Waals surface area (Å²) in [7, 11) is 0. The topological polar surface area (TPSA) is 92.0 Å². The zero-order valence-corrected chi connectivity index (χ0v) is 6.88. The van der Waals surface area contributed by atoms with Crippen LogP contribution in [0.1, 0.15) is 5.69 Å². The van der Waals surface area contributed by atoms with Crippen LogP contribution in [-0.2, 0) is 11.2 Å². The molecule has 1 aromatic rings. The highest BCUT2D eigenvalue weighted by atomic mass is 35.5. The van der Waals surface area contributed by atoms with Gasteiger partial charge in [0, 0.05) is 6.42 Å². The fraction of sp³-hybridized carbons (Fsp3) is 0.333. The van der Waals surface area contributed by atoms with E-state index in [1.807, 2.05) is 0 Å². The Hall–Kier alpha value is -1.07. The van der Waals surface area contributed by atoms with Crippen LogP contribution in [0.5, 0.6) is 0 Å². The first-order valence-electron chi connectivity index (χ1n) is 3.27. The van der Waals surface area contributed by atoms with Gasteiger partial charge in [0.15, 0.2) is 0 Å². The lowest BCUT2D eigenvalue weighted by Gasteiger charge is -2.03. The van der Waals surface area contributed by atoms with Crippen molar-refractivity contribution in [2.45, 2.75) is 12.5 Å². The molecule has 0 aromatic carbocycles. The van der Waals surface area contributed by atoms with Crippen molar-refractivity contribution in [1.82, 2.24) is 9.97 Å². The fourth-order valence-electron chi connectivity index (χ4n) is 0.755. The summed E-state index contributed by atoms with van der Waals surface area (Å²) < 4.78 is 0. The third-order valence-electron chi connectivity index (χ3n) is 1.41. The summed E-state index contributed by atoms with van der Waals surface area (Å²) in [5.41, 5.74) is 5.82. The van der Waals surface area contributed by atoms with Crippen LogP contribution in [0.3, 0.4) is 0 Å². The van der Waals surface area contributed by atoms with Crippen LogP contribution in [0.4, 0.5) is 0 Å². The first-order chi connectivity index (χ1) is 5.61. The quantitative estimate of drug-likeness (QED) is 0.625. The highest BCUT2D eigenvalue weighted by Crippen LogP contribution is 2.10. The number of carboxylic acid groups (broad SMARTS) is 1. The molecule has 12 heavy (non-hydrogen) atoms. The summed E-state index contributed by atoms with van der Waals surface area (Å²) in [5.74, 6) is -1.05. The number of aliphatic carboxylic acids is 1. The number of H-pyrrole nitrogens is 1. The van der Waals surface area contributed by atoms with Gasteiger partial charge in [-0.25, -0.2) is 4.98 Å². The van der Waals surface area contributed by atoms with Crippen LogP contribution >= 0.6 is 11.6 Å². The van der Waals surface area contributed by atoms with Crippen molar-refractivity contribution in [3.05, 3.63) is 17.2 Å². The normalized spacial score (nSPS) is 12.8. The maximum Gasteiger partial charge on any atom is 0.320 e. The van der Waals surface area contributed by atoms with Crippen molar-refractivity contribution in [1.29, 1.82) is 0 Å². The van der Waals surface area contributed by atoms with E-state index in [1.165, 1.54) is 6.33 Å². The van der Waals surface area contributed by atoms with Crippen molar-refractivity contribution >= 4 is 17.6 Å². The van der Waals surface area contributed by atoms with Crippen LogP contribution in [0, 0.1) is 0 Å². The molecular weight excluding hydrogens is 182 g/mol. The fourth-order valence-corrected chi connectivity index (χ4v) is 0.935. The number of aromatic amines is 1. The van der Waals surface area contributed by atoms with Crippen molar-refractivity contribution < 1.29 is 9.90 Å². The standard InChI is InChI=1S/C6H8ClN3O2/c7-5-4(9-2-10-5)1-3(8)6(11)12/h2-3H,1,8H2,(H,9,10)(H,11,12)/t3-/m0/s1. The number of carboxylic acids is 1. The van der Waals surface area contributed by atoms with Gasteiger partial charge in [0.2, 0.25) is 0 Å². The van der Waals surface area contributed by atoms with E-state index in [4.69, 9.17) is 22.4 Å². The van der Waals surface area contributed by atoms with Crippen molar-refractivity contribution in [2.75, 3.05) is 0 Å². The molecule has 0 fully saturated rings. The Balaban J connectivity index is 2.64. The van der Waals surface area contributed by atoms with E-state index in [0.29, 0.717) is 5.69 Å². The maximum atomic E-state index is 10.3. The van der Waals surface area contributed by atoms with Crippen LogP contribution in [-0.4, -0.2) is 27.1 Å². The Bertz CT molecular complexity index is 286. The third kappa shape index (κ3) is 1.96. The molecule has 5 nitrogen and oxygen atoms in total. The van der Waals surface area contributed by atoms with Crippen molar-refractivity contribution in [3.63, 3.8) is 0 Å². The molecule has 1 atom stereocenters. The minimum Gasteiger partial charge on any atom is -0.480 e. The molecule has 0 radical (unpaired) electrons. The lowest BCUT2D eigenvalue weighted by Crippen LogP contribution is -2.32. The Labute approximate surface area is 73.6 Å². The average molecular weight is 190 g/mol. The molecule has 0 aliphatic carbocycles. The summed E-state index contributed by atoms with van der Waals surface area (Å²) in [4.78, 5) is 16.7. The van der Waals surface area contributed by atoms with E-state index >= 15 is 0 Å². The zero-order chi connectivity index (χ0) is 9.14. The van der Waals surface area contributed by atoms with Gasteiger partial charge in [0.05, 0.1) is 12.0 Å². The molecule has 6 heteroatoms. The Morgan fingerprint density at radius 2 is 2.58 bits per heavy atom. The minimum absolute atomic E-state index is 0.161. The maximum absolute atomic E-state index is 10.3. The molecule has 1 heterocycles. The van der Waals surface area contributed by atoms with Crippen LogP contribution in [0.15, 0.2) is 6.33 Å². The number of nitrogens with two attached hydrogens (primary N) is 1.